The van der Waals surface area contributed by atoms with Gasteiger partial charge in [-0.2, -0.15) is 4.90 Å². The molecule has 0 aromatic rings. The Morgan fingerprint density at radius 3 is 2.50 bits per heavy atom. The van der Waals surface area contributed by atoms with Crippen molar-refractivity contribution in [3.63, 3.8) is 0 Å². The van der Waals surface area contributed by atoms with Crippen LogP contribution in [0.4, 0.5) is 0 Å². The first-order valence-electron chi connectivity index (χ1n) is 3.47. The number of hydrogen-bond acceptors (Lipinski definition) is 3. The van der Waals surface area contributed by atoms with Crippen LogP contribution in [0.3, 0.4) is 0 Å². The van der Waals surface area contributed by atoms with Gasteiger partial charge in [-0.1, -0.05) is 6.92 Å². The van der Waals surface area contributed by atoms with Gasteiger partial charge >= 0.3 is 5.97 Å². The van der Waals surface area contributed by atoms with E-state index in [0.717, 1.165) is 6.42 Å². The lowest BCUT2D eigenvalue weighted by atomic mass is 10.5. The van der Waals surface area contributed by atoms with Crippen LogP contribution in [-0.2, 0) is 9.53 Å². The van der Waals surface area contributed by atoms with Crippen LogP contribution in [0.25, 0.3) is 0 Å². The minimum atomic E-state index is -0.146. The summed E-state index contributed by atoms with van der Waals surface area (Å²) < 4.78 is 4.82. The third-order valence-corrected chi connectivity index (χ3v) is 0.913. The van der Waals surface area contributed by atoms with E-state index in [0.29, 0.717) is 13.2 Å². The van der Waals surface area contributed by atoms with Crippen LogP contribution in [0.5, 0.6) is 0 Å². The first-order chi connectivity index (χ1) is 4.66. The lowest BCUT2D eigenvalue weighted by Crippen LogP contribution is -2.28. The summed E-state index contributed by atoms with van der Waals surface area (Å²) in [5.74, 6) is -0.146. The smallest absolute Gasteiger partial charge is 0.366 e. The summed E-state index contributed by atoms with van der Waals surface area (Å²) in [5, 5.41) is 0. The molecule has 3 heteroatoms. The van der Waals surface area contributed by atoms with Gasteiger partial charge in [0.15, 0.2) is 0 Å². The fraction of sp³-hybridized carbons (Fsp3) is 0.857. The molecule has 0 aromatic heterocycles. The fourth-order valence-electron chi connectivity index (χ4n) is 0.520. The van der Waals surface area contributed by atoms with Crippen LogP contribution in [0, 0.1) is 0 Å². The molecule has 59 valence electrons. The molecule has 0 aliphatic heterocycles. The molecule has 0 aliphatic rings. The lowest BCUT2D eigenvalue weighted by Gasteiger charge is -2.01. The van der Waals surface area contributed by atoms with Crippen molar-refractivity contribution in [2.75, 3.05) is 27.2 Å². The van der Waals surface area contributed by atoms with Crippen LogP contribution < -0.4 is 4.90 Å². The molecule has 0 heterocycles. The van der Waals surface area contributed by atoms with Gasteiger partial charge in [-0.3, -0.25) is 0 Å². The molecule has 0 aromatic carbocycles. The number of likely N-dealkylation sites (N-methyl/N-ethyl adjacent to an activating group) is 1. The first kappa shape index (κ1) is 9.43. The Balaban J connectivity index is 3.26. The molecular weight excluding hydrogens is 130 g/mol. The predicted octanol–water partition coefficient (Wildman–Crippen LogP) is 0.339. The van der Waals surface area contributed by atoms with Gasteiger partial charge in [-0.15, -0.1) is 0 Å². The van der Waals surface area contributed by atoms with Gasteiger partial charge in [0, 0.05) is 0 Å². The molecule has 0 unspecified atom stereocenters. The molecule has 0 saturated heterocycles. The maximum Gasteiger partial charge on any atom is 0.366 e. The van der Waals surface area contributed by atoms with Crippen LogP contribution in [0.1, 0.15) is 13.3 Å². The Morgan fingerprint density at radius 2 is 2.10 bits per heavy atom. The number of rotatable bonds is 4. The summed E-state index contributed by atoms with van der Waals surface area (Å²) in [6.45, 7) is 2.88. The molecule has 0 aliphatic carbocycles. The highest BCUT2D eigenvalue weighted by Crippen LogP contribution is 1.82. The quantitative estimate of drug-likeness (QED) is 0.422. The van der Waals surface area contributed by atoms with Crippen molar-refractivity contribution in [2.24, 2.45) is 0 Å². The Bertz CT molecular complexity index is 102. The minimum Gasteiger partial charge on any atom is -0.461 e. The Morgan fingerprint density at radius 1 is 1.50 bits per heavy atom. The summed E-state index contributed by atoms with van der Waals surface area (Å²) in [4.78, 5) is 12.5. The van der Waals surface area contributed by atoms with E-state index in [1.165, 1.54) is 0 Å². The van der Waals surface area contributed by atoms with E-state index in [-0.39, 0.29) is 5.97 Å². The molecule has 0 spiro atoms. The Kier molecular flexibility index (Phi) is 4.94. The van der Waals surface area contributed by atoms with Crippen molar-refractivity contribution in [2.45, 2.75) is 13.3 Å². The normalized spacial score (nSPS) is 10.0. The van der Waals surface area contributed by atoms with E-state index in [2.05, 4.69) is 0 Å². The highest BCUT2D eigenvalue weighted by Gasteiger charge is 2.09. The van der Waals surface area contributed by atoms with E-state index in [4.69, 9.17) is 4.74 Å². The van der Waals surface area contributed by atoms with Gasteiger partial charge in [-0.05, 0) is 6.42 Å². The van der Waals surface area contributed by atoms with Gasteiger partial charge in [-0.25, -0.2) is 4.79 Å². The second-order valence-corrected chi connectivity index (χ2v) is 2.46. The minimum absolute atomic E-state index is 0.146. The number of esters is 1. The van der Waals surface area contributed by atoms with Gasteiger partial charge < -0.3 is 4.74 Å². The molecule has 0 saturated carbocycles. The SMILES string of the molecule is CCCOC(=O)C[N+](C)C. The first-order valence-corrected chi connectivity index (χ1v) is 3.47. The molecule has 0 fully saturated rings. The predicted molar refractivity (Wildman–Crippen MR) is 40.1 cm³/mol. The largest absolute Gasteiger partial charge is 0.461 e. The van der Waals surface area contributed by atoms with Gasteiger partial charge in [0.1, 0.15) is 14.1 Å². The topological polar surface area (TPSA) is 32.2 Å². The molecule has 1 radical (unpaired) electrons. The summed E-state index contributed by atoms with van der Waals surface area (Å²) in [6, 6.07) is 0. The van der Waals surface area contributed by atoms with Gasteiger partial charge in [0.25, 0.3) is 0 Å². The average molecular weight is 145 g/mol. The molecular formula is C7H15NO2+. The Labute approximate surface area is 62.0 Å². The zero-order valence-corrected chi connectivity index (χ0v) is 6.89. The average Bonchev–Trinajstić information content (AvgIpc) is 1.82. The number of ether oxygens (including phenoxy) is 1. The lowest BCUT2D eigenvalue weighted by molar-refractivity contribution is -0.143. The van der Waals surface area contributed by atoms with E-state index < -0.39 is 0 Å². The highest BCUT2D eigenvalue weighted by molar-refractivity contribution is 5.71. The summed E-state index contributed by atoms with van der Waals surface area (Å²) >= 11 is 0. The van der Waals surface area contributed by atoms with Crippen LogP contribution in [0.15, 0.2) is 0 Å². The molecule has 0 amide bonds. The van der Waals surface area contributed by atoms with E-state index >= 15 is 0 Å². The zero-order valence-electron chi connectivity index (χ0n) is 6.89. The van der Waals surface area contributed by atoms with Crippen LogP contribution in [-0.4, -0.2) is 33.2 Å². The highest BCUT2D eigenvalue weighted by atomic mass is 16.5. The van der Waals surface area contributed by atoms with Crippen LogP contribution >= 0.6 is 0 Å². The Hall–Kier alpha value is -0.570. The molecule has 10 heavy (non-hydrogen) atoms. The number of carbonyl (C=O) groups is 1. The number of carbonyl (C=O) groups excluding carboxylic acids is 1. The van der Waals surface area contributed by atoms with E-state index in [9.17, 15) is 4.79 Å². The third-order valence-electron chi connectivity index (χ3n) is 0.913. The van der Waals surface area contributed by atoms with Crippen molar-refractivity contribution in [3.05, 3.63) is 0 Å². The van der Waals surface area contributed by atoms with Crippen molar-refractivity contribution >= 4 is 5.97 Å². The second-order valence-electron chi connectivity index (χ2n) is 2.46. The molecule has 3 nitrogen and oxygen atoms in total. The second kappa shape index (κ2) is 5.23. The van der Waals surface area contributed by atoms with Gasteiger partial charge in [0.05, 0.1) is 6.61 Å². The summed E-state index contributed by atoms with van der Waals surface area (Å²) in [5.41, 5.74) is 0. The van der Waals surface area contributed by atoms with Crippen molar-refractivity contribution in [3.8, 4) is 0 Å². The van der Waals surface area contributed by atoms with Crippen LogP contribution in [0.2, 0.25) is 0 Å². The third kappa shape index (κ3) is 5.56. The van der Waals surface area contributed by atoms with Crippen molar-refractivity contribution < 1.29 is 9.53 Å². The van der Waals surface area contributed by atoms with E-state index in [1.54, 1.807) is 4.90 Å². The number of nitrogens with zero attached hydrogens (tertiary/aromatic N) is 1. The summed E-state index contributed by atoms with van der Waals surface area (Å²) in [6.07, 6.45) is 0.888. The monoisotopic (exact) mass is 145 g/mol. The molecule has 0 bridgehead atoms. The van der Waals surface area contributed by atoms with Crippen molar-refractivity contribution in [1.29, 1.82) is 0 Å². The van der Waals surface area contributed by atoms with Gasteiger partial charge in [0.2, 0.25) is 6.54 Å². The maximum atomic E-state index is 10.7. The molecule has 0 N–H and O–H groups in total. The van der Waals surface area contributed by atoms with Crippen molar-refractivity contribution in [1.82, 2.24) is 4.90 Å². The zero-order chi connectivity index (χ0) is 7.98. The fourth-order valence-corrected chi connectivity index (χ4v) is 0.520. The maximum absolute atomic E-state index is 10.7. The standard InChI is InChI=1S/C7H15NO2/c1-4-5-10-7(9)6-8(2)3/h4-6H2,1-3H3/q+1. The summed E-state index contributed by atoms with van der Waals surface area (Å²) in [7, 11) is 3.68. The number of hydrogen-bond donors (Lipinski definition) is 0. The molecule has 0 rings (SSSR count). The van der Waals surface area contributed by atoms with E-state index in [1.807, 2.05) is 21.0 Å². The molecule has 0 atom stereocenters.